The number of allylic oxidation sites excluding steroid dienone is 1. The molecule has 2 heteroatoms. The Labute approximate surface area is 90.9 Å². The number of hydrogen-bond acceptors (Lipinski definition) is 2. The van der Waals surface area contributed by atoms with Gasteiger partial charge in [0.2, 0.25) is 0 Å². The average molecular weight is 208 g/mol. The number of phenols is 1. The Bertz CT molecular complexity index is 319. The molecule has 0 saturated heterocycles. The second-order valence-electron chi connectivity index (χ2n) is 3.41. The van der Waals surface area contributed by atoms with Crippen LogP contribution in [0.25, 0.3) is 6.08 Å². The summed E-state index contributed by atoms with van der Waals surface area (Å²) in [6, 6.07) is 3.57. The van der Waals surface area contributed by atoms with Crippen LogP contribution < -0.4 is 0 Å². The normalized spacial score (nSPS) is 11.1. The Morgan fingerprint density at radius 3 is 2.36 bits per heavy atom. The van der Waals surface area contributed by atoms with Crippen molar-refractivity contribution >= 4 is 18.7 Å². The molecule has 76 valence electrons. The van der Waals surface area contributed by atoms with Crippen molar-refractivity contribution in [3.63, 3.8) is 0 Å². The fourth-order valence-corrected chi connectivity index (χ4v) is 1.64. The third kappa shape index (κ3) is 2.81. The molecule has 0 amide bonds. The SMILES string of the molecule is Cc1cc(O)cc(C)c1C=CCCS. The maximum atomic E-state index is 9.35. The third-order valence-corrected chi connectivity index (χ3v) is 2.42. The van der Waals surface area contributed by atoms with Gasteiger partial charge in [0.05, 0.1) is 0 Å². The van der Waals surface area contributed by atoms with Crippen molar-refractivity contribution in [2.24, 2.45) is 0 Å². The number of rotatable bonds is 3. The van der Waals surface area contributed by atoms with Gasteiger partial charge in [-0.05, 0) is 54.8 Å². The van der Waals surface area contributed by atoms with E-state index in [-0.39, 0.29) is 0 Å². The van der Waals surface area contributed by atoms with E-state index in [0.717, 1.165) is 23.3 Å². The van der Waals surface area contributed by atoms with E-state index in [0.29, 0.717) is 5.75 Å². The van der Waals surface area contributed by atoms with Gasteiger partial charge in [0.15, 0.2) is 0 Å². The van der Waals surface area contributed by atoms with Gasteiger partial charge in [0.25, 0.3) is 0 Å². The molecule has 0 bridgehead atoms. The molecule has 0 aromatic heterocycles. The summed E-state index contributed by atoms with van der Waals surface area (Å²) in [6.07, 6.45) is 5.18. The van der Waals surface area contributed by atoms with Crippen molar-refractivity contribution in [1.29, 1.82) is 0 Å². The first-order valence-electron chi connectivity index (χ1n) is 4.72. The quantitative estimate of drug-likeness (QED) is 0.730. The highest BCUT2D eigenvalue weighted by Gasteiger charge is 2.00. The lowest BCUT2D eigenvalue weighted by Crippen LogP contribution is -1.86. The summed E-state index contributed by atoms with van der Waals surface area (Å²) >= 11 is 4.14. The van der Waals surface area contributed by atoms with E-state index in [1.807, 2.05) is 13.8 Å². The highest BCUT2D eigenvalue weighted by atomic mass is 32.1. The molecule has 14 heavy (non-hydrogen) atoms. The first-order chi connectivity index (χ1) is 6.65. The van der Waals surface area contributed by atoms with E-state index in [1.165, 1.54) is 5.56 Å². The van der Waals surface area contributed by atoms with Gasteiger partial charge in [-0.15, -0.1) is 0 Å². The largest absolute Gasteiger partial charge is 0.508 e. The average Bonchev–Trinajstić information content (AvgIpc) is 2.09. The van der Waals surface area contributed by atoms with Gasteiger partial charge in [-0.2, -0.15) is 12.6 Å². The van der Waals surface area contributed by atoms with Crippen molar-refractivity contribution in [2.75, 3.05) is 5.75 Å². The molecule has 0 saturated carbocycles. The topological polar surface area (TPSA) is 20.2 Å². The molecule has 1 N–H and O–H groups in total. The molecule has 0 aliphatic heterocycles. The van der Waals surface area contributed by atoms with Gasteiger partial charge in [-0.25, -0.2) is 0 Å². The van der Waals surface area contributed by atoms with Crippen molar-refractivity contribution in [1.82, 2.24) is 0 Å². The van der Waals surface area contributed by atoms with Crippen molar-refractivity contribution in [3.05, 3.63) is 34.9 Å². The fourth-order valence-electron chi connectivity index (χ4n) is 1.49. The predicted molar refractivity (Wildman–Crippen MR) is 65.1 cm³/mol. The molecular weight excluding hydrogens is 192 g/mol. The number of thiol groups is 1. The lowest BCUT2D eigenvalue weighted by Gasteiger charge is -2.05. The van der Waals surface area contributed by atoms with E-state index < -0.39 is 0 Å². The van der Waals surface area contributed by atoms with Gasteiger partial charge in [0, 0.05) is 0 Å². The van der Waals surface area contributed by atoms with E-state index >= 15 is 0 Å². The molecule has 0 unspecified atom stereocenters. The van der Waals surface area contributed by atoms with E-state index in [2.05, 4.69) is 24.8 Å². The summed E-state index contributed by atoms with van der Waals surface area (Å²) in [7, 11) is 0. The van der Waals surface area contributed by atoms with Crippen LogP contribution >= 0.6 is 12.6 Å². The molecule has 1 aromatic carbocycles. The second kappa shape index (κ2) is 5.11. The zero-order valence-corrected chi connectivity index (χ0v) is 9.51. The lowest BCUT2D eigenvalue weighted by molar-refractivity contribution is 0.474. The number of aromatic hydroxyl groups is 1. The van der Waals surface area contributed by atoms with Crippen molar-refractivity contribution in [2.45, 2.75) is 20.3 Å². The Balaban J connectivity index is 2.96. The first kappa shape index (κ1) is 11.2. The van der Waals surface area contributed by atoms with Crippen LogP contribution in [-0.2, 0) is 0 Å². The minimum Gasteiger partial charge on any atom is -0.508 e. The maximum Gasteiger partial charge on any atom is 0.116 e. The lowest BCUT2D eigenvalue weighted by atomic mass is 10.0. The van der Waals surface area contributed by atoms with Gasteiger partial charge in [-0.1, -0.05) is 12.2 Å². The predicted octanol–water partition coefficient (Wildman–Crippen LogP) is 3.34. The zero-order chi connectivity index (χ0) is 10.6. The minimum absolute atomic E-state index is 0.339. The summed E-state index contributed by atoms with van der Waals surface area (Å²) in [4.78, 5) is 0. The second-order valence-corrected chi connectivity index (χ2v) is 3.86. The van der Waals surface area contributed by atoms with Crippen molar-refractivity contribution in [3.8, 4) is 5.75 Å². The van der Waals surface area contributed by atoms with E-state index in [4.69, 9.17) is 0 Å². The molecule has 1 rings (SSSR count). The minimum atomic E-state index is 0.339. The summed E-state index contributed by atoms with van der Waals surface area (Å²) in [5.41, 5.74) is 3.42. The Morgan fingerprint density at radius 2 is 1.86 bits per heavy atom. The smallest absolute Gasteiger partial charge is 0.116 e. The van der Waals surface area contributed by atoms with Crippen LogP contribution in [0.2, 0.25) is 0 Å². The molecule has 0 radical (unpaired) electrons. The number of benzene rings is 1. The molecule has 0 fully saturated rings. The molecular formula is C12H16OS. The first-order valence-corrected chi connectivity index (χ1v) is 5.36. The van der Waals surface area contributed by atoms with Crippen LogP contribution in [0.4, 0.5) is 0 Å². The maximum absolute atomic E-state index is 9.35. The Morgan fingerprint density at radius 1 is 1.29 bits per heavy atom. The molecule has 0 aliphatic carbocycles. The summed E-state index contributed by atoms with van der Waals surface area (Å²) < 4.78 is 0. The molecule has 0 spiro atoms. The molecule has 0 heterocycles. The van der Waals surface area contributed by atoms with Gasteiger partial charge < -0.3 is 5.11 Å². The zero-order valence-electron chi connectivity index (χ0n) is 8.62. The van der Waals surface area contributed by atoms with Crippen molar-refractivity contribution < 1.29 is 5.11 Å². The summed E-state index contributed by atoms with van der Waals surface area (Å²) in [5, 5.41) is 9.35. The van der Waals surface area contributed by atoms with Crippen LogP contribution in [0.1, 0.15) is 23.1 Å². The third-order valence-electron chi connectivity index (χ3n) is 2.16. The van der Waals surface area contributed by atoms with Crippen LogP contribution in [0.3, 0.4) is 0 Å². The number of phenolic OH excluding ortho intramolecular Hbond substituents is 1. The Hall–Kier alpha value is -0.890. The monoisotopic (exact) mass is 208 g/mol. The van der Waals surface area contributed by atoms with Crippen LogP contribution in [0.5, 0.6) is 5.75 Å². The summed E-state index contributed by atoms with van der Waals surface area (Å²) in [5.74, 6) is 1.21. The molecule has 1 nitrogen and oxygen atoms in total. The van der Waals surface area contributed by atoms with E-state index in [9.17, 15) is 5.11 Å². The molecule has 1 aromatic rings. The summed E-state index contributed by atoms with van der Waals surface area (Å²) in [6.45, 7) is 4.01. The van der Waals surface area contributed by atoms with Crippen LogP contribution in [0.15, 0.2) is 18.2 Å². The highest BCUT2D eigenvalue weighted by Crippen LogP contribution is 2.21. The van der Waals surface area contributed by atoms with Crippen LogP contribution in [0, 0.1) is 13.8 Å². The molecule has 0 aliphatic rings. The van der Waals surface area contributed by atoms with Gasteiger partial charge in [0.1, 0.15) is 5.75 Å². The number of hydrogen-bond donors (Lipinski definition) is 2. The Kier molecular flexibility index (Phi) is 4.08. The number of aryl methyl sites for hydroxylation is 2. The highest BCUT2D eigenvalue weighted by molar-refractivity contribution is 7.80. The standard InChI is InChI=1S/C12H16OS/c1-9-7-11(13)8-10(2)12(9)5-3-4-6-14/h3,5,7-8,13-14H,4,6H2,1-2H3. The van der Waals surface area contributed by atoms with Crippen LogP contribution in [-0.4, -0.2) is 10.9 Å². The van der Waals surface area contributed by atoms with Gasteiger partial charge in [-0.3, -0.25) is 0 Å². The fraction of sp³-hybridized carbons (Fsp3) is 0.333. The van der Waals surface area contributed by atoms with Gasteiger partial charge >= 0.3 is 0 Å². The molecule has 0 atom stereocenters. The van der Waals surface area contributed by atoms with E-state index in [1.54, 1.807) is 12.1 Å².